The smallest absolute Gasteiger partial charge is 0.417 e. The Kier molecular flexibility index (Phi) is 4.88. The SMILES string of the molecule is O=C(O)/C=C/c1ccc(-c2cc(C34CC5CC(CC(C5)C3)C4)c(O)cc2C(F)(F)F)cc1. The fraction of sp³-hybridized carbons (Fsp3) is 0.423. The number of alkyl halides is 3. The molecule has 2 aromatic carbocycles. The van der Waals surface area contributed by atoms with Gasteiger partial charge in [-0.15, -0.1) is 0 Å². The number of carboxylic acid groups (broad SMARTS) is 1. The van der Waals surface area contributed by atoms with Gasteiger partial charge in [0, 0.05) is 11.6 Å². The maximum atomic E-state index is 13.9. The number of carbonyl (C=O) groups is 1. The summed E-state index contributed by atoms with van der Waals surface area (Å²) in [6.07, 6.45) is 4.23. The van der Waals surface area contributed by atoms with Crippen molar-refractivity contribution >= 4 is 12.0 Å². The Balaban J connectivity index is 1.60. The number of rotatable bonds is 4. The van der Waals surface area contributed by atoms with Crippen molar-refractivity contribution in [3.8, 4) is 16.9 Å². The largest absolute Gasteiger partial charge is 0.508 e. The van der Waals surface area contributed by atoms with Crippen LogP contribution in [0.1, 0.15) is 55.2 Å². The third kappa shape index (κ3) is 3.70. The zero-order chi connectivity index (χ0) is 22.7. The van der Waals surface area contributed by atoms with Crippen LogP contribution in [0.4, 0.5) is 13.2 Å². The quantitative estimate of drug-likeness (QED) is 0.522. The second-order valence-electron chi connectivity index (χ2n) is 9.90. The van der Waals surface area contributed by atoms with Crippen LogP contribution in [0.25, 0.3) is 17.2 Å². The van der Waals surface area contributed by atoms with Crippen LogP contribution in [-0.4, -0.2) is 16.2 Å². The molecular formula is C26H25F3O3. The predicted octanol–water partition coefficient (Wildman–Crippen LogP) is 6.64. The van der Waals surface area contributed by atoms with Crippen molar-refractivity contribution in [2.45, 2.75) is 50.1 Å². The lowest BCUT2D eigenvalue weighted by atomic mass is 9.48. The summed E-state index contributed by atoms with van der Waals surface area (Å²) in [5, 5.41) is 19.6. The molecule has 6 heteroatoms. The zero-order valence-electron chi connectivity index (χ0n) is 17.5. The number of halogens is 3. The minimum Gasteiger partial charge on any atom is -0.508 e. The summed E-state index contributed by atoms with van der Waals surface area (Å²) in [5.41, 5.74) is 0.629. The molecule has 168 valence electrons. The Morgan fingerprint density at radius 1 is 0.969 bits per heavy atom. The van der Waals surface area contributed by atoms with Gasteiger partial charge in [0.25, 0.3) is 0 Å². The molecule has 4 aliphatic carbocycles. The summed E-state index contributed by atoms with van der Waals surface area (Å²) < 4.78 is 41.7. The van der Waals surface area contributed by atoms with Crippen LogP contribution in [-0.2, 0) is 16.4 Å². The molecular weight excluding hydrogens is 417 g/mol. The van der Waals surface area contributed by atoms with E-state index in [1.807, 2.05) is 0 Å². The van der Waals surface area contributed by atoms with E-state index in [0.717, 1.165) is 31.4 Å². The van der Waals surface area contributed by atoms with Crippen LogP contribution in [0.3, 0.4) is 0 Å². The lowest BCUT2D eigenvalue weighted by molar-refractivity contribution is -0.137. The molecule has 0 heterocycles. The first-order valence-electron chi connectivity index (χ1n) is 11.1. The maximum Gasteiger partial charge on any atom is 0.417 e. The number of carboxylic acids is 1. The molecule has 32 heavy (non-hydrogen) atoms. The van der Waals surface area contributed by atoms with Crippen molar-refractivity contribution in [1.82, 2.24) is 0 Å². The van der Waals surface area contributed by atoms with Crippen LogP contribution < -0.4 is 0 Å². The van der Waals surface area contributed by atoms with E-state index >= 15 is 0 Å². The Morgan fingerprint density at radius 3 is 2.03 bits per heavy atom. The van der Waals surface area contributed by atoms with Gasteiger partial charge in [-0.25, -0.2) is 4.79 Å². The van der Waals surface area contributed by atoms with Crippen molar-refractivity contribution < 1.29 is 28.2 Å². The second-order valence-corrected chi connectivity index (χ2v) is 9.90. The number of benzene rings is 2. The van der Waals surface area contributed by atoms with Gasteiger partial charge in [-0.3, -0.25) is 0 Å². The van der Waals surface area contributed by atoms with Crippen molar-refractivity contribution in [2.75, 3.05) is 0 Å². The van der Waals surface area contributed by atoms with Crippen LogP contribution in [0, 0.1) is 17.8 Å². The molecule has 2 N–H and O–H groups in total. The molecule has 0 radical (unpaired) electrons. The van der Waals surface area contributed by atoms with E-state index in [9.17, 15) is 23.1 Å². The highest BCUT2D eigenvalue weighted by Gasteiger charge is 2.52. The molecule has 0 unspecified atom stereocenters. The molecule has 4 aliphatic rings. The Hall–Kier alpha value is -2.76. The second kappa shape index (κ2) is 7.39. The average molecular weight is 442 g/mol. The van der Waals surface area contributed by atoms with E-state index in [-0.39, 0.29) is 16.7 Å². The van der Waals surface area contributed by atoms with Crippen LogP contribution in [0.5, 0.6) is 5.75 Å². The van der Waals surface area contributed by atoms with Gasteiger partial charge in [-0.05, 0) is 96.6 Å². The molecule has 2 aromatic rings. The van der Waals surface area contributed by atoms with Gasteiger partial charge in [-0.2, -0.15) is 13.2 Å². The maximum absolute atomic E-state index is 13.9. The fourth-order valence-electron chi connectivity index (χ4n) is 6.87. The van der Waals surface area contributed by atoms with Gasteiger partial charge in [0.1, 0.15) is 5.75 Å². The normalized spacial score (nSPS) is 29.0. The van der Waals surface area contributed by atoms with E-state index in [4.69, 9.17) is 5.11 Å². The van der Waals surface area contributed by atoms with Crippen LogP contribution >= 0.6 is 0 Å². The molecule has 0 amide bonds. The number of hydrogen-bond donors (Lipinski definition) is 2. The Bertz CT molecular complexity index is 1050. The van der Waals surface area contributed by atoms with E-state index in [0.29, 0.717) is 34.4 Å². The van der Waals surface area contributed by atoms with Gasteiger partial charge in [0.05, 0.1) is 5.56 Å². The van der Waals surface area contributed by atoms with Crippen molar-refractivity contribution in [3.05, 3.63) is 59.2 Å². The molecule has 0 atom stereocenters. The van der Waals surface area contributed by atoms with E-state index in [1.54, 1.807) is 30.3 Å². The van der Waals surface area contributed by atoms with Gasteiger partial charge >= 0.3 is 12.1 Å². The summed E-state index contributed by atoms with van der Waals surface area (Å²) >= 11 is 0. The first-order chi connectivity index (χ1) is 15.1. The van der Waals surface area contributed by atoms with Crippen molar-refractivity contribution in [1.29, 1.82) is 0 Å². The van der Waals surface area contributed by atoms with E-state index < -0.39 is 17.7 Å². The lowest BCUT2D eigenvalue weighted by Crippen LogP contribution is -2.48. The summed E-state index contributed by atoms with van der Waals surface area (Å²) in [5.74, 6) is 0.473. The molecule has 4 bridgehead atoms. The summed E-state index contributed by atoms with van der Waals surface area (Å²) in [7, 11) is 0. The molecule has 0 aliphatic heterocycles. The number of aromatic hydroxyl groups is 1. The highest BCUT2D eigenvalue weighted by molar-refractivity contribution is 5.85. The molecule has 4 fully saturated rings. The molecule has 0 aromatic heterocycles. The Labute approximate surface area is 184 Å². The molecule has 0 saturated heterocycles. The summed E-state index contributed by atoms with van der Waals surface area (Å²) in [4.78, 5) is 10.7. The number of phenols is 1. The van der Waals surface area contributed by atoms with Gasteiger partial charge in [0.2, 0.25) is 0 Å². The molecule has 6 rings (SSSR count). The highest BCUT2D eigenvalue weighted by Crippen LogP contribution is 2.62. The molecule has 4 saturated carbocycles. The van der Waals surface area contributed by atoms with E-state index in [1.165, 1.54) is 25.3 Å². The topological polar surface area (TPSA) is 57.5 Å². The highest BCUT2D eigenvalue weighted by atomic mass is 19.4. The van der Waals surface area contributed by atoms with Crippen molar-refractivity contribution in [3.63, 3.8) is 0 Å². The third-order valence-corrected chi connectivity index (χ3v) is 7.69. The molecule has 0 spiro atoms. The summed E-state index contributed by atoms with van der Waals surface area (Å²) in [6, 6.07) is 8.84. The first-order valence-corrected chi connectivity index (χ1v) is 11.1. The third-order valence-electron chi connectivity index (χ3n) is 7.69. The lowest BCUT2D eigenvalue weighted by Gasteiger charge is -2.57. The average Bonchev–Trinajstić information content (AvgIpc) is 2.71. The zero-order valence-corrected chi connectivity index (χ0v) is 17.5. The fourth-order valence-corrected chi connectivity index (χ4v) is 6.87. The number of phenolic OH excluding ortho intramolecular Hbond substituents is 1. The predicted molar refractivity (Wildman–Crippen MR) is 115 cm³/mol. The van der Waals surface area contributed by atoms with Gasteiger partial charge < -0.3 is 10.2 Å². The van der Waals surface area contributed by atoms with Crippen LogP contribution in [0.15, 0.2) is 42.5 Å². The minimum absolute atomic E-state index is 0.0646. The van der Waals surface area contributed by atoms with Crippen LogP contribution in [0.2, 0.25) is 0 Å². The number of hydrogen-bond acceptors (Lipinski definition) is 2. The first kappa shape index (κ1) is 21.1. The van der Waals surface area contributed by atoms with Gasteiger partial charge in [0.15, 0.2) is 0 Å². The molecule has 3 nitrogen and oxygen atoms in total. The van der Waals surface area contributed by atoms with E-state index in [2.05, 4.69) is 0 Å². The van der Waals surface area contributed by atoms with Crippen molar-refractivity contribution in [2.24, 2.45) is 17.8 Å². The van der Waals surface area contributed by atoms with Gasteiger partial charge in [-0.1, -0.05) is 24.3 Å². The Morgan fingerprint density at radius 2 is 1.53 bits per heavy atom. The monoisotopic (exact) mass is 442 g/mol. The standard InChI is InChI=1S/C26H25F3O3/c27-26(28,29)21-11-23(30)22(25-12-16-7-17(13-25)9-18(8-16)14-25)10-20(21)19-4-1-15(2-5-19)3-6-24(31)32/h1-6,10-11,16-18,30H,7-9,12-14H2,(H,31,32)/b6-3+. The minimum atomic E-state index is -4.60. The number of aliphatic carboxylic acids is 1. The summed E-state index contributed by atoms with van der Waals surface area (Å²) in [6.45, 7) is 0.